The lowest BCUT2D eigenvalue weighted by Crippen LogP contribution is -2.18. The van der Waals surface area contributed by atoms with E-state index in [9.17, 15) is 4.39 Å². The molecule has 106 valence electrons. The highest BCUT2D eigenvalue weighted by Gasteiger charge is 2.09. The van der Waals surface area contributed by atoms with E-state index < -0.39 is 0 Å². The first-order valence-electron chi connectivity index (χ1n) is 6.87. The summed E-state index contributed by atoms with van der Waals surface area (Å²) in [5.74, 6) is 0.703. The summed E-state index contributed by atoms with van der Waals surface area (Å²) in [6.07, 6.45) is 1.06. The van der Waals surface area contributed by atoms with Gasteiger partial charge < -0.3 is 5.32 Å². The lowest BCUT2D eigenvalue weighted by atomic mass is 10.1. The molecule has 3 heteroatoms. The van der Waals surface area contributed by atoms with Crippen LogP contribution < -0.4 is 5.32 Å². The van der Waals surface area contributed by atoms with E-state index in [1.165, 1.54) is 17.2 Å². The fourth-order valence-electron chi connectivity index (χ4n) is 2.07. The molecule has 1 N–H and O–H groups in total. The molecule has 0 aromatic heterocycles. The van der Waals surface area contributed by atoms with Crippen molar-refractivity contribution in [2.75, 3.05) is 12.8 Å². The zero-order valence-electron chi connectivity index (χ0n) is 11.9. The molecule has 0 fully saturated rings. The van der Waals surface area contributed by atoms with E-state index in [0.29, 0.717) is 0 Å². The summed E-state index contributed by atoms with van der Waals surface area (Å²) in [5.41, 5.74) is 2.62. The minimum atomic E-state index is -0.177. The zero-order valence-corrected chi connectivity index (χ0v) is 12.7. The molecule has 1 nitrogen and oxygen atoms in total. The first kappa shape index (κ1) is 15.1. The maximum Gasteiger partial charge on any atom is 0.124 e. The summed E-state index contributed by atoms with van der Waals surface area (Å²) in [6.45, 7) is 2.16. The second kappa shape index (κ2) is 7.46. The van der Waals surface area contributed by atoms with Crippen LogP contribution in [-0.4, -0.2) is 12.8 Å². The van der Waals surface area contributed by atoms with Gasteiger partial charge in [0.2, 0.25) is 0 Å². The summed E-state index contributed by atoms with van der Waals surface area (Å²) >= 11 is 1.67. The molecule has 2 aromatic carbocycles. The minimum Gasteiger partial charge on any atom is -0.312 e. The van der Waals surface area contributed by atoms with Crippen molar-refractivity contribution in [3.8, 4) is 0 Å². The second-order valence-corrected chi connectivity index (χ2v) is 5.80. The highest BCUT2D eigenvalue weighted by molar-refractivity contribution is 7.99. The number of thioether (sulfide) groups is 1. The molecule has 2 rings (SSSR count). The van der Waals surface area contributed by atoms with E-state index in [0.717, 1.165) is 17.1 Å². The van der Waals surface area contributed by atoms with Crippen LogP contribution in [0.25, 0.3) is 0 Å². The normalized spacial score (nSPS) is 12.3. The molecule has 0 bridgehead atoms. The van der Waals surface area contributed by atoms with Crippen LogP contribution >= 0.6 is 11.8 Å². The molecule has 0 spiro atoms. The van der Waals surface area contributed by atoms with Crippen LogP contribution in [0, 0.1) is 5.82 Å². The molecule has 0 radical (unpaired) electrons. The lowest BCUT2D eigenvalue weighted by Gasteiger charge is -2.16. The monoisotopic (exact) mass is 289 g/mol. The predicted octanol–water partition coefficient (Wildman–Crippen LogP) is 4.44. The predicted molar refractivity (Wildman–Crippen MR) is 84.7 cm³/mol. The Bertz CT molecular complexity index is 539. The van der Waals surface area contributed by atoms with Gasteiger partial charge in [-0.25, -0.2) is 4.39 Å². The molecule has 20 heavy (non-hydrogen) atoms. The summed E-state index contributed by atoms with van der Waals surface area (Å²) in [7, 11) is 1.96. The average molecular weight is 289 g/mol. The van der Waals surface area contributed by atoms with Gasteiger partial charge in [0.15, 0.2) is 0 Å². The van der Waals surface area contributed by atoms with Crippen molar-refractivity contribution < 1.29 is 4.39 Å². The number of benzene rings is 2. The fourth-order valence-corrected chi connectivity index (χ4v) is 3.16. The third-order valence-corrected chi connectivity index (χ3v) is 4.44. The van der Waals surface area contributed by atoms with Crippen molar-refractivity contribution in [3.63, 3.8) is 0 Å². The summed E-state index contributed by atoms with van der Waals surface area (Å²) in [5, 5.41) is 3.33. The number of nitrogens with one attached hydrogen (secondary N) is 1. The Balaban J connectivity index is 2.01. The largest absolute Gasteiger partial charge is 0.312 e. The number of hydrogen-bond donors (Lipinski definition) is 1. The zero-order chi connectivity index (χ0) is 14.4. The van der Waals surface area contributed by atoms with Crippen LogP contribution in [0.4, 0.5) is 4.39 Å². The minimum absolute atomic E-state index is 0.177. The van der Waals surface area contributed by atoms with Gasteiger partial charge in [0.05, 0.1) is 0 Å². The maximum atomic E-state index is 13.2. The molecule has 0 aliphatic rings. The standard InChI is InChI=1S/C17H20FNS/c1-3-13-7-9-14(10-8-13)17(19-2)12-20-16-6-4-5-15(18)11-16/h4-11,17,19H,3,12H2,1-2H3. The van der Waals surface area contributed by atoms with E-state index in [4.69, 9.17) is 0 Å². The Morgan fingerprint density at radius 2 is 1.90 bits per heavy atom. The number of halogens is 1. The Hall–Kier alpha value is -1.32. The van der Waals surface area contributed by atoms with Gasteiger partial charge in [-0.15, -0.1) is 11.8 Å². The van der Waals surface area contributed by atoms with Crippen LogP contribution in [-0.2, 0) is 6.42 Å². The third-order valence-electron chi connectivity index (χ3n) is 3.35. The second-order valence-electron chi connectivity index (χ2n) is 4.70. The van der Waals surface area contributed by atoms with Crippen LogP contribution in [0.1, 0.15) is 24.1 Å². The van der Waals surface area contributed by atoms with Crippen molar-refractivity contribution >= 4 is 11.8 Å². The highest BCUT2D eigenvalue weighted by Crippen LogP contribution is 2.25. The van der Waals surface area contributed by atoms with Gasteiger partial charge in [-0.05, 0) is 42.8 Å². The number of rotatable bonds is 6. The Morgan fingerprint density at radius 1 is 1.15 bits per heavy atom. The smallest absolute Gasteiger partial charge is 0.124 e. The Morgan fingerprint density at radius 3 is 2.50 bits per heavy atom. The Kier molecular flexibility index (Phi) is 5.62. The third kappa shape index (κ3) is 4.09. The molecule has 1 atom stereocenters. The van der Waals surface area contributed by atoms with Gasteiger partial charge in [0.25, 0.3) is 0 Å². The molecule has 0 saturated carbocycles. The summed E-state index contributed by atoms with van der Waals surface area (Å²) in [6, 6.07) is 15.7. The molecule has 0 heterocycles. The topological polar surface area (TPSA) is 12.0 Å². The molecular weight excluding hydrogens is 269 g/mol. The van der Waals surface area contributed by atoms with E-state index >= 15 is 0 Å². The van der Waals surface area contributed by atoms with Gasteiger partial charge in [-0.3, -0.25) is 0 Å². The van der Waals surface area contributed by atoms with Crippen molar-refractivity contribution in [1.82, 2.24) is 5.32 Å². The van der Waals surface area contributed by atoms with Gasteiger partial charge >= 0.3 is 0 Å². The quantitative estimate of drug-likeness (QED) is 0.789. The SMILES string of the molecule is CCc1ccc(C(CSc2cccc(F)c2)NC)cc1. The molecule has 0 amide bonds. The van der Waals surface area contributed by atoms with Gasteiger partial charge in [0, 0.05) is 16.7 Å². The number of aryl methyl sites for hydroxylation is 1. The first-order valence-corrected chi connectivity index (χ1v) is 7.86. The average Bonchev–Trinajstić information content (AvgIpc) is 2.48. The van der Waals surface area contributed by atoms with Crippen LogP contribution in [0.3, 0.4) is 0 Å². The molecular formula is C17H20FNS. The summed E-state index contributed by atoms with van der Waals surface area (Å²) < 4.78 is 13.2. The summed E-state index contributed by atoms with van der Waals surface area (Å²) in [4.78, 5) is 0.968. The van der Waals surface area contributed by atoms with Crippen LogP contribution in [0.2, 0.25) is 0 Å². The van der Waals surface area contributed by atoms with Gasteiger partial charge in [-0.1, -0.05) is 37.3 Å². The van der Waals surface area contributed by atoms with E-state index in [-0.39, 0.29) is 11.9 Å². The molecule has 0 aliphatic heterocycles. The van der Waals surface area contributed by atoms with Crippen LogP contribution in [0.5, 0.6) is 0 Å². The van der Waals surface area contributed by atoms with Gasteiger partial charge in [0.1, 0.15) is 5.82 Å². The molecule has 2 aromatic rings. The fraction of sp³-hybridized carbons (Fsp3) is 0.294. The maximum absolute atomic E-state index is 13.2. The molecule has 0 saturated heterocycles. The van der Waals surface area contributed by atoms with E-state index in [2.05, 4.69) is 36.5 Å². The van der Waals surface area contributed by atoms with Crippen molar-refractivity contribution in [3.05, 3.63) is 65.5 Å². The van der Waals surface area contributed by atoms with Crippen molar-refractivity contribution in [2.45, 2.75) is 24.3 Å². The van der Waals surface area contributed by atoms with Crippen molar-refractivity contribution in [2.24, 2.45) is 0 Å². The molecule has 1 unspecified atom stereocenters. The lowest BCUT2D eigenvalue weighted by molar-refractivity contribution is 0.624. The van der Waals surface area contributed by atoms with Crippen LogP contribution in [0.15, 0.2) is 53.4 Å². The van der Waals surface area contributed by atoms with Gasteiger partial charge in [-0.2, -0.15) is 0 Å². The number of hydrogen-bond acceptors (Lipinski definition) is 2. The molecule has 0 aliphatic carbocycles. The van der Waals surface area contributed by atoms with E-state index in [1.807, 2.05) is 13.1 Å². The Labute approximate surface area is 124 Å². The highest BCUT2D eigenvalue weighted by atomic mass is 32.2. The van der Waals surface area contributed by atoms with E-state index in [1.54, 1.807) is 23.9 Å². The van der Waals surface area contributed by atoms with Crippen molar-refractivity contribution in [1.29, 1.82) is 0 Å². The first-order chi connectivity index (χ1) is 9.72.